The third-order valence-electron chi connectivity index (χ3n) is 12.1. The van der Waals surface area contributed by atoms with E-state index in [9.17, 15) is 19.2 Å². The van der Waals surface area contributed by atoms with E-state index in [1.165, 1.54) is 7.11 Å². The summed E-state index contributed by atoms with van der Waals surface area (Å²) in [4.78, 5) is 47.6. The molecule has 10 rings (SSSR count). The van der Waals surface area contributed by atoms with E-state index in [1.54, 1.807) is 30.3 Å². The summed E-state index contributed by atoms with van der Waals surface area (Å²) in [6, 6.07) is 58.9. The normalized spacial score (nSPS) is 11.0. The van der Waals surface area contributed by atoms with Crippen LogP contribution < -0.4 is 20.9 Å². The molecule has 69 heavy (non-hydrogen) atoms. The third kappa shape index (κ3) is 9.06. The number of carboxylic acid groups (broad SMARTS) is 1. The Hall–Kier alpha value is -9.16. The molecule has 2 heterocycles. The number of carboxylic acids is 1. The smallest absolute Gasteiger partial charge is 0.343 e. The fourth-order valence-corrected chi connectivity index (χ4v) is 9.09. The zero-order chi connectivity index (χ0) is 48.0. The zero-order valence-electron chi connectivity index (χ0n) is 37.5. The van der Waals surface area contributed by atoms with Gasteiger partial charge in [0.15, 0.2) is 13.2 Å². The molecule has 0 fully saturated rings. The van der Waals surface area contributed by atoms with Crippen LogP contribution >= 0.6 is 0 Å². The maximum atomic E-state index is 12.4. The molecule has 10 aromatic rings. The number of benzene rings is 8. The Morgan fingerprint density at radius 2 is 0.826 bits per heavy atom. The molecule has 12 heteroatoms. The Morgan fingerprint density at radius 1 is 0.449 bits per heavy atom. The van der Waals surface area contributed by atoms with Crippen LogP contribution in [0.5, 0.6) is 11.5 Å². The molecule has 5 N–H and O–H groups in total. The van der Waals surface area contributed by atoms with Crippen molar-refractivity contribution in [3.05, 3.63) is 204 Å². The van der Waals surface area contributed by atoms with Crippen molar-refractivity contribution in [1.82, 2.24) is 9.13 Å². The summed E-state index contributed by atoms with van der Waals surface area (Å²) in [5.41, 5.74) is 22.3. The van der Waals surface area contributed by atoms with Gasteiger partial charge in [0.1, 0.15) is 11.5 Å². The number of nitrogens with zero attached hydrogens (tertiary/aromatic N) is 2. The van der Waals surface area contributed by atoms with Crippen LogP contribution in [0.3, 0.4) is 0 Å². The Morgan fingerprint density at radius 3 is 1.23 bits per heavy atom. The number of carbonyl (C=O) groups excluding carboxylic acids is 3. The van der Waals surface area contributed by atoms with Gasteiger partial charge in [-0.3, -0.25) is 9.59 Å². The minimum atomic E-state index is -1.08. The largest absolute Gasteiger partial charge is 0.481 e. The number of amides is 2. The summed E-state index contributed by atoms with van der Waals surface area (Å²) >= 11 is 0. The van der Waals surface area contributed by atoms with E-state index < -0.39 is 30.4 Å². The van der Waals surface area contributed by atoms with Gasteiger partial charge in [0.2, 0.25) is 11.8 Å². The SMILES string of the molecule is COC(=O)COc1cccc2c1c1c(C(N)=O)cccc1n2Cc1ccccc1-c1ccccc1.NC(=O)c1cccc2c1c1c(OCC(=O)O)cccc1n2Cc1ccccc1-c1ccccc1. The molecule has 0 radical (unpaired) electrons. The van der Waals surface area contributed by atoms with Crippen molar-refractivity contribution in [2.24, 2.45) is 11.5 Å². The molecule has 8 aromatic carbocycles. The van der Waals surface area contributed by atoms with Crippen LogP contribution in [0.15, 0.2) is 182 Å². The molecule has 342 valence electrons. The first kappa shape index (κ1) is 45.0. The number of hydrogen-bond donors (Lipinski definition) is 3. The number of nitrogens with two attached hydrogens (primary N) is 2. The molecule has 0 atom stereocenters. The van der Waals surface area contributed by atoms with E-state index in [0.29, 0.717) is 51.9 Å². The van der Waals surface area contributed by atoms with Crippen molar-refractivity contribution in [3.8, 4) is 33.8 Å². The quantitative estimate of drug-likeness (QED) is 0.0902. The van der Waals surface area contributed by atoms with E-state index in [2.05, 4.69) is 57.7 Å². The van der Waals surface area contributed by atoms with Gasteiger partial charge in [0.05, 0.1) is 39.9 Å². The third-order valence-corrected chi connectivity index (χ3v) is 12.1. The van der Waals surface area contributed by atoms with Crippen LogP contribution in [0.4, 0.5) is 0 Å². The van der Waals surface area contributed by atoms with E-state index in [0.717, 1.165) is 60.8 Å². The van der Waals surface area contributed by atoms with Crippen LogP contribution in [0.1, 0.15) is 31.8 Å². The maximum absolute atomic E-state index is 12.4. The first-order valence-electron chi connectivity index (χ1n) is 22.1. The van der Waals surface area contributed by atoms with Crippen molar-refractivity contribution in [2.75, 3.05) is 20.3 Å². The summed E-state index contributed by atoms with van der Waals surface area (Å²) in [6.07, 6.45) is 0. The number of methoxy groups -OCH3 is 1. The topological polar surface area (TPSA) is 178 Å². The fourth-order valence-electron chi connectivity index (χ4n) is 9.09. The van der Waals surface area contributed by atoms with Crippen LogP contribution in [0.25, 0.3) is 65.9 Å². The second kappa shape index (κ2) is 19.7. The van der Waals surface area contributed by atoms with Gasteiger partial charge in [0.25, 0.3) is 0 Å². The first-order chi connectivity index (χ1) is 33.6. The number of hydrogen-bond acceptors (Lipinski definition) is 7. The average molecular weight is 915 g/mol. The molecule has 0 aliphatic rings. The Balaban J connectivity index is 0.000000172. The van der Waals surface area contributed by atoms with Crippen molar-refractivity contribution in [2.45, 2.75) is 13.1 Å². The molecule has 0 spiro atoms. The lowest BCUT2D eigenvalue weighted by Gasteiger charge is -2.13. The van der Waals surface area contributed by atoms with Gasteiger partial charge >= 0.3 is 11.9 Å². The van der Waals surface area contributed by atoms with Gasteiger partial charge in [0, 0.05) is 35.0 Å². The highest BCUT2D eigenvalue weighted by Crippen LogP contribution is 2.41. The van der Waals surface area contributed by atoms with E-state index >= 15 is 0 Å². The molecule has 0 aliphatic carbocycles. The number of aromatic nitrogens is 2. The lowest BCUT2D eigenvalue weighted by atomic mass is 9.99. The van der Waals surface area contributed by atoms with Gasteiger partial charge in [-0.15, -0.1) is 0 Å². The molecule has 0 saturated heterocycles. The molecule has 0 unspecified atom stereocenters. The summed E-state index contributed by atoms with van der Waals surface area (Å²) in [5.74, 6) is -1.76. The molecule has 0 saturated carbocycles. The van der Waals surface area contributed by atoms with Crippen LogP contribution in [0.2, 0.25) is 0 Å². The van der Waals surface area contributed by atoms with E-state index in [1.807, 2.05) is 103 Å². The molecule has 2 amide bonds. The van der Waals surface area contributed by atoms with Gasteiger partial charge in [-0.2, -0.15) is 0 Å². The second-order valence-corrected chi connectivity index (χ2v) is 16.2. The van der Waals surface area contributed by atoms with Crippen LogP contribution in [-0.4, -0.2) is 58.3 Å². The van der Waals surface area contributed by atoms with Crippen LogP contribution in [0, 0.1) is 0 Å². The first-order valence-corrected chi connectivity index (χ1v) is 22.1. The highest BCUT2D eigenvalue weighted by molar-refractivity contribution is 6.21. The minimum Gasteiger partial charge on any atom is -0.481 e. The summed E-state index contributed by atoms with van der Waals surface area (Å²) in [7, 11) is 1.31. The molecule has 0 aliphatic heterocycles. The minimum absolute atomic E-state index is 0.238. The van der Waals surface area contributed by atoms with Gasteiger partial charge in [-0.25, -0.2) is 9.59 Å². The Kier molecular flexibility index (Phi) is 12.9. The lowest BCUT2D eigenvalue weighted by Crippen LogP contribution is -2.13. The zero-order valence-corrected chi connectivity index (χ0v) is 37.5. The summed E-state index contributed by atoms with van der Waals surface area (Å²) < 4.78 is 20.5. The standard InChI is InChI=1S/C29H24N2O4.C28H22N2O4/c1-34-26(32)18-35-25-16-8-15-24-28(25)27-22(29(30)33)13-7-14-23(27)31(24)17-20-11-5-6-12-21(20)19-9-3-2-4-10-19;29-28(33)21-12-6-13-22-26(21)27-23(14-7-15-24(27)34-17-25(31)32)30(22)16-19-10-4-5-11-20(19)18-8-2-1-3-9-18/h2-16H,17-18H2,1H3,(H2,30,33);1-15H,16-17H2,(H2,29,33)(H,31,32). The van der Waals surface area contributed by atoms with Crippen LogP contribution in [-0.2, 0) is 27.4 Å². The van der Waals surface area contributed by atoms with Gasteiger partial charge in [-0.05, 0) is 81.9 Å². The van der Waals surface area contributed by atoms with E-state index in [-0.39, 0.29) is 6.61 Å². The maximum Gasteiger partial charge on any atom is 0.343 e. The monoisotopic (exact) mass is 914 g/mol. The number of rotatable bonds is 14. The Labute approximate surface area is 396 Å². The summed E-state index contributed by atoms with van der Waals surface area (Å²) in [5, 5.41) is 11.9. The highest BCUT2D eigenvalue weighted by Gasteiger charge is 2.23. The fraction of sp³-hybridized carbons (Fsp3) is 0.0877. The van der Waals surface area contributed by atoms with Crippen molar-refractivity contribution in [3.63, 3.8) is 0 Å². The molecular weight excluding hydrogens is 869 g/mol. The van der Waals surface area contributed by atoms with Crippen molar-refractivity contribution < 1.29 is 38.5 Å². The van der Waals surface area contributed by atoms with Crippen molar-refractivity contribution in [1.29, 1.82) is 0 Å². The number of carbonyl (C=O) groups is 4. The average Bonchev–Trinajstić information content (AvgIpc) is 3.88. The summed E-state index contributed by atoms with van der Waals surface area (Å²) in [6.45, 7) is 0.378. The number of fused-ring (bicyclic) bond motifs is 6. The van der Waals surface area contributed by atoms with Crippen molar-refractivity contribution >= 4 is 67.4 Å². The second-order valence-electron chi connectivity index (χ2n) is 16.2. The van der Waals surface area contributed by atoms with Gasteiger partial charge < -0.3 is 39.9 Å². The van der Waals surface area contributed by atoms with E-state index in [4.69, 9.17) is 30.8 Å². The number of aliphatic carboxylic acids is 1. The number of ether oxygens (including phenoxy) is 3. The molecular formula is C57H46N4O8. The highest BCUT2D eigenvalue weighted by atomic mass is 16.6. The predicted octanol–water partition coefficient (Wildman–Crippen LogP) is 10.2. The Bertz CT molecular complexity index is 3560. The number of esters is 1. The predicted molar refractivity (Wildman–Crippen MR) is 269 cm³/mol. The molecule has 0 bridgehead atoms. The lowest BCUT2D eigenvalue weighted by molar-refractivity contribution is -0.143. The van der Waals surface area contributed by atoms with Gasteiger partial charge in [-0.1, -0.05) is 133 Å². The molecule has 12 nitrogen and oxygen atoms in total. The number of primary amides is 2. The molecule has 2 aromatic heterocycles.